The minimum absolute atomic E-state index is 0.154. The summed E-state index contributed by atoms with van der Waals surface area (Å²) in [7, 11) is 0. The quantitative estimate of drug-likeness (QED) is 0.879. The van der Waals surface area contributed by atoms with E-state index in [1.54, 1.807) is 0 Å². The summed E-state index contributed by atoms with van der Waals surface area (Å²) in [6, 6.07) is 5.03. The Balaban J connectivity index is 2.02. The lowest BCUT2D eigenvalue weighted by Gasteiger charge is -2.40. The number of benzene rings is 1. The van der Waals surface area contributed by atoms with Gasteiger partial charge in [0.05, 0.1) is 0 Å². The molecule has 1 aromatic rings. The van der Waals surface area contributed by atoms with Crippen LogP contribution in [-0.2, 0) is 0 Å². The third-order valence-corrected chi connectivity index (χ3v) is 4.70. The van der Waals surface area contributed by atoms with Crippen molar-refractivity contribution in [3.63, 3.8) is 0 Å². The first-order valence-electron chi connectivity index (χ1n) is 7.62. The van der Waals surface area contributed by atoms with E-state index in [-0.39, 0.29) is 11.9 Å². The SMILES string of the molecule is CC(C)CN1CCN(C(CN)c2ccc(F)cc2Br)CC1. The van der Waals surface area contributed by atoms with Gasteiger partial charge in [-0.15, -0.1) is 0 Å². The predicted molar refractivity (Wildman–Crippen MR) is 88.7 cm³/mol. The molecule has 1 heterocycles. The van der Waals surface area contributed by atoms with E-state index in [1.807, 2.05) is 6.07 Å². The molecule has 0 aromatic heterocycles. The van der Waals surface area contributed by atoms with Crippen LogP contribution >= 0.6 is 15.9 Å². The highest BCUT2D eigenvalue weighted by Crippen LogP contribution is 2.28. The zero-order valence-corrected chi connectivity index (χ0v) is 14.4. The van der Waals surface area contributed by atoms with E-state index in [2.05, 4.69) is 39.6 Å². The van der Waals surface area contributed by atoms with Crippen molar-refractivity contribution in [2.75, 3.05) is 39.3 Å². The fraction of sp³-hybridized carbons (Fsp3) is 0.625. The minimum atomic E-state index is -0.219. The molecular formula is C16H25BrFN3. The summed E-state index contributed by atoms with van der Waals surface area (Å²) < 4.78 is 14.1. The Bertz CT molecular complexity index is 459. The number of hydrogen-bond acceptors (Lipinski definition) is 3. The predicted octanol–water partition coefficient (Wildman–Crippen LogP) is 2.86. The van der Waals surface area contributed by atoms with Crippen molar-refractivity contribution < 1.29 is 4.39 Å². The fourth-order valence-corrected chi connectivity index (χ4v) is 3.63. The van der Waals surface area contributed by atoms with Crippen LogP contribution in [0, 0.1) is 11.7 Å². The number of halogens is 2. The maximum Gasteiger partial charge on any atom is 0.124 e. The van der Waals surface area contributed by atoms with Gasteiger partial charge >= 0.3 is 0 Å². The Morgan fingerprint density at radius 3 is 2.43 bits per heavy atom. The summed E-state index contributed by atoms with van der Waals surface area (Å²) in [6.07, 6.45) is 0. The standard InChI is InChI=1S/C16H25BrFN3/c1-12(2)11-20-5-7-21(8-6-20)16(10-19)14-4-3-13(18)9-15(14)17/h3-4,9,12,16H,5-8,10-11,19H2,1-2H3. The molecule has 21 heavy (non-hydrogen) atoms. The van der Waals surface area contributed by atoms with Crippen LogP contribution in [0.4, 0.5) is 4.39 Å². The monoisotopic (exact) mass is 357 g/mol. The summed E-state index contributed by atoms with van der Waals surface area (Å²) in [4.78, 5) is 4.92. The largest absolute Gasteiger partial charge is 0.329 e. The van der Waals surface area contributed by atoms with Gasteiger partial charge in [0.15, 0.2) is 0 Å². The molecule has 0 radical (unpaired) electrons. The Morgan fingerprint density at radius 1 is 1.24 bits per heavy atom. The van der Waals surface area contributed by atoms with Crippen LogP contribution in [0.1, 0.15) is 25.5 Å². The molecule has 2 rings (SSSR count). The number of hydrogen-bond donors (Lipinski definition) is 1. The lowest BCUT2D eigenvalue weighted by molar-refractivity contribution is 0.0910. The molecule has 2 N–H and O–H groups in total. The van der Waals surface area contributed by atoms with Crippen LogP contribution in [0.3, 0.4) is 0 Å². The van der Waals surface area contributed by atoms with Crippen molar-refractivity contribution in [1.82, 2.24) is 9.80 Å². The molecule has 0 bridgehead atoms. The molecule has 118 valence electrons. The molecule has 0 saturated carbocycles. The number of nitrogens with zero attached hydrogens (tertiary/aromatic N) is 2. The second kappa shape index (κ2) is 7.68. The smallest absolute Gasteiger partial charge is 0.124 e. The van der Waals surface area contributed by atoms with Crippen LogP contribution in [0.15, 0.2) is 22.7 Å². The van der Waals surface area contributed by atoms with Gasteiger partial charge in [-0.25, -0.2) is 4.39 Å². The van der Waals surface area contributed by atoms with Crippen molar-refractivity contribution >= 4 is 15.9 Å². The summed E-state index contributed by atoms with van der Waals surface area (Å²) in [5.74, 6) is 0.483. The summed E-state index contributed by atoms with van der Waals surface area (Å²) in [5, 5.41) is 0. The number of rotatable bonds is 5. The first-order valence-corrected chi connectivity index (χ1v) is 8.42. The van der Waals surface area contributed by atoms with Crippen molar-refractivity contribution in [2.24, 2.45) is 11.7 Å². The second-order valence-corrected chi connectivity index (χ2v) is 7.00. The van der Waals surface area contributed by atoms with E-state index in [0.717, 1.165) is 42.8 Å². The molecule has 3 nitrogen and oxygen atoms in total. The van der Waals surface area contributed by atoms with Crippen LogP contribution < -0.4 is 5.73 Å². The first kappa shape index (κ1) is 16.9. The molecular weight excluding hydrogens is 333 g/mol. The van der Waals surface area contributed by atoms with E-state index >= 15 is 0 Å². The second-order valence-electron chi connectivity index (χ2n) is 6.15. The van der Waals surface area contributed by atoms with Gasteiger partial charge < -0.3 is 10.6 Å². The molecule has 1 aliphatic heterocycles. The van der Waals surface area contributed by atoms with Gasteiger partial charge in [0.25, 0.3) is 0 Å². The third-order valence-electron chi connectivity index (χ3n) is 4.02. The van der Waals surface area contributed by atoms with E-state index in [4.69, 9.17) is 5.73 Å². The van der Waals surface area contributed by atoms with Crippen LogP contribution in [0.2, 0.25) is 0 Å². The topological polar surface area (TPSA) is 32.5 Å². The van der Waals surface area contributed by atoms with Crippen molar-refractivity contribution in [1.29, 1.82) is 0 Å². The maximum atomic E-state index is 13.2. The summed E-state index contributed by atoms with van der Waals surface area (Å²) in [6.45, 7) is 10.4. The Kier molecular flexibility index (Phi) is 6.17. The lowest BCUT2D eigenvalue weighted by atomic mass is 10.0. The zero-order chi connectivity index (χ0) is 15.4. The summed E-state index contributed by atoms with van der Waals surface area (Å²) >= 11 is 3.47. The lowest BCUT2D eigenvalue weighted by Crippen LogP contribution is -2.49. The first-order chi connectivity index (χ1) is 10.0. The number of piperazine rings is 1. The Hall–Kier alpha value is -0.490. The molecule has 0 amide bonds. The van der Waals surface area contributed by atoms with Gasteiger partial charge in [0.1, 0.15) is 5.82 Å². The van der Waals surface area contributed by atoms with E-state index in [1.165, 1.54) is 12.1 Å². The van der Waals surface area contributed by atoms with Gasteiger partial charge in [-0.1, -0.05) is 35.8 Å². The average molecular weight is 358 g/mol. The zero-order valence-electron chi connectivity index (χ0n) is 12.9. The summed E-state index contributed by atoms with van der Waals surface area (Å²) in [5.41, 5.74) is 7.07. The number of nitrogens with two attached hydrogens (primary N) is 1. The van der Waals surface area contributed by atoms with E-state index in [9.17, 15) is 4.39 Å². The van der Waals surface area contributed by atoms with Gasteiger partial charge in [0, 0.05) is 49.8 Å². The maximum absolute atomic E-state index is 13.2. The highest BCUT2D eigenvalue weighted by atomic mass is 79.9. The van der Waals surface area contributed by atoms with Crippen LogP contribution in [0.5, 0.6) is 0 Å². The molecule has 1 unspecified atom stereocenters. The molecule has 0 aliphatic carbocycles. The van der Waals surface area contributed by atoms with Gasteiger partial charge in [0.2, 0.25) is 0 Å². The van der Waals surface area contributed by atoms with Gasteiger partial charge in [-0.05, 0) is 23.6 Å². The third kappa shape index (κ3) is 4.49. The molecule has 1 saturated heterocycles. The van der Waals surface area contributed by atoms with Crippen LogP contribution in [0.25, 0.3) is 0 Å². The normalized spacial score (nSPS) is 19.1. The molecule has 0 spiro atoms. The molecule has 1 fully saturated rings. The minimum Gasteiger partial charge on any atom is -0.329 e. The molecule has 5 heteroatoms. The fourth-order valence-electron chi connectivity index (χ4n) is 3.02. The molecule has 1 atom stereocenters. The Morgan fingerprint density at radius 2 is 1.90 bits per heavy atom. The molecule has 1 aromatic carbocycles. The van der Waals surface area contributed by atoms with Crippen molar-refractivity contribution in [2.45, 2.75) is 19.9 Å². The van der Waals surface area contributed by atoms with E-state index in [0.29, 0.717) is 12.5 Å². The van der Waals surface area contributed by atoms with E-state index < -0.39 is 0 Å². The average Bonchev–Trinajstić information content (AvgIpc) is 2.43. The van der Waals surface area contributed by atoms with Crippen LogP contribution in [-0.4, -0.2) is 49.1 Å². The van der Waals surface area contributed by atoms with Crippen molar-refractivity contribution in [3.8, 4) is 0 Å². The van der Waals surface area contributed by atoms with Crippen molar-refractivity contribution in [3.05, 3.63) is 34.1 Å². The Labute approximate surface area is 135 Å². The highest BCUT2D eigenvalue weighted by Gasteiger charge is 2.25. The van der Waals surface area contributed by atoms with Gasteiger partial charge in [-0.2, -0.15) is 0 Å². The highest BCUT2D eigenvalue weighted by molar-refractivity contribution is 9.10. The molecule has 1 aliphatic rings. The van der Waals surface area contributed by atoms with Gasteiger partial charge in [-0.3, -0.25) is 4.90 Å².